The van der Waals surface area contributed by atoms with Gasteiger partial charge in [0.05, 0.1) is 9.67 Å². The lowest BCUT2D eigenvalue weighted by Gasteiger charge is -2.17. The predicted octanol–water partition coefficient (Wildman–Crippen LogP) is 4.83. The topological polar surface area (TPSA) is 37.4 Å². The summed E-state index contributed by atoms with van der Waals surface area (Å²) in [7, 11) is -1.98. The van der Waals surface area contributed by atoms with Gasteiger partial charge in [0, 0.05) is 22.9 Å². The number of thiophene rings is 1. The summed E-state index contributed by atoms with van der Waals surface area (Å²) in [6, 6.07) is 9.20. The van der Waals surface area contributed by atoms with Crippen LogP contribution in [0.1, 0.15) is 10.4 Å². The highest BCUT2D eigenvalue weighted by Gasteiger charge is 2.25. The molecule has 0 unspecified atom stereocenters. The van der Waals surface area contributed by atoms with Gasteiger partial charge in [-0.2, -0.15) is 4.31 Å². The van der Waals surface area contributed by atoms with Gasteiger partial charge >= 0.3 is 0 Å². The van der Waals surface area contributed by atoms with Gasteiger partial charge in [-0.3, -0.25) is 0 Å². The van der Waals surface area contributed by atoms with Crippen molar-refractivity contribution in [2.24, 2.45) is 0 Å². The molecular formula is C13H12Br2ClNO2S2. The molecule has 0 N–H and O–H groups in total. The Balaban J connectivity index is 2.28. The average molecular weight is 474 g/mol. The zero-order chi connectivity index (χ0) is 15.6. The van der Waals surface area contributed by atoms with Crippen molar-refractivity contribution in [1.29, 1.82) is 0 Å². The van der Waals surface area contributed by atoms with Gasteiger partial charge in [0.1, 0.15) is 4.90 Å². The molecule has 0 aliphatic heterocycles. The zero-order valence-electron chi connectivity index (χ0n) is 11.0. The van der Waals surface area contributed by atoms with Crippen molar-refractivity contribution in [2.45, 2.75) is 17.3 Å². The Morgan fingerprint density at radius 1 is 1.29 bits per heavy atom. The van der Waals surface area contributed by atoms with E-state index < -0.39 is 10.0 Å². The van der Waals surface area contributed by atoms with Gasteiger partial charge in [0.2, 0.25) is 10.0 Å². The van der Waals surface area contributed by atoms with Gasteiger partial charge in [-0.1, -0.05) is 28.1 Å². The number of sulfonamides is 1. The largest absolute Gasteiger partial charge is 0.245 e. The molecule has 1 aromatic carbocycles. The Hall–Kier alpha value is 0.0800. The monoisotopic (exact) mass is 471 g/mol. The van der Waals surface area contributed by atoms with Crippen LogP contribution >= 0.6 is 54.8 Å². The number of alkyl halides is 1. The summed E-state index contributed by atoms with van der Waals surface area (Å²) >= 11 is 13.8. The van der Waals surface area contributed by atoms with Crippen molar-refractivity contribution in [3.63, 3.8) is 0 Å². The molecule has 2 aromatic rings. The van der Waals surface area contributed by atoms with Gasteiger partial charge in [-0.15, -0.1) is 22.9 Å². The minimum atomic E-state index is -3.55. The molecule has 2 rings (SSSR count). The van der Waals surface area contributed by atoms with E-state index in [1.807, 2.05) is 24.3 Å². The molecule has 114 valence electrons. The highest BCUT2D eigenvalue weighted by atomic mass is 79.9. The maximum Gasteiger partial charge on any atom is 0.245 e. The van der Waals surface area contributed by atoms with Crippen molar-refractivity contribution in [3.8, 4) is 0 Å². The zero-order valence-corrected chi connectivity index (χ0v) is 16.6. The summed E-state index contributed by atoms with van der Waals surface area (Å²) in [6.45, 7) is 0.306. The van der Waals surface area contributed by atoms with E-state index in [-0.39, 0.29) is 4.90 Å². The number of nitrogens with zero attached hydrogens (tertiary/aromatic N) is 1. The molecule has 0 radical (unpaired) electrons. The molecule has 0 atom stereocenters. The molecule has 8 heteroatoms. The van der Waals surface area contributed by atoms with Crippen molar-refractivity contribution < 1.29 is 8.42 Å². The van der Waals surface area contributed by atoms with Gasteiger partial charge in [-0.25, -0.2) is 8.42 Å². The number of hydrogen-bond donors (Lipinski definition) is 0. The molecule has 0 bridgehead atoms. The number of rotatable bonds is 5. The molecular weight excluding hydrogens is 462 g/mol. The van der Waals surface area contributed by atoms with E-state index in [0.717, 1.165) is 14.9 Å². The Kier molecular flexibility index (Phi) is 5.90. The number of halogens is 3. The molecule has 0 aliphatic rings. The van der Waals surface area contributed by atoms with Crippen LogP contribution in [-0.4, -0.2) is 19.8 Å². The van der Waals surface area contributed by atoms with Crippen LogP contribution in [0.15, 0.2) is 43.5 Å². The summed E-state index contributed by atoms with van der Waals surface area (Å²) in [4.78, 5) is 1.08. The van der Waals surface area contributed by atoms with Gasteiger partial charge in [0.25, 0.3) is 0 Å². The van der Waals surface area contributed by atoms with Crippen LogP contribution in [0.4, 0.5) is 0 Å². The smallest absolute Gasteiger partial charge is 0.207 e. The van der Waals surface area contributed by atoms with E-state index in [1.54, 1.807) is 13.1 Å². The predicted molar refractivity (Wildman–Crippen MR) is 94.4 cm³/mol. The second kappa shape index (κ2) is 7.10. The van der Waals surface area contributed by atoms with E-state index in [2.05, 4.69) is 31.9 Å². The van der Waals surface area contributed by atoms with Crippen LogP contribution < -0.4 is 0 Å². The van der Waals surface area contributed by atoms with Gasteiger partial charge in [0.15, 0.2) is 0 Å². The average Bonchev–Trinajstić information content (AvgIpc) is 2.80. The van der Waals surface area contributed by atoms with E-state index in [4.69, 9.17) is 11.6 Å². The molecule has 21 heavy (non-hydrogen) atoms. The lowest BCUT2D eigenvalue weighted by Crippen LogP contribution is -2.26. The van der Waals surface area contributed by atoms with Crippen LogP contribution in [-0.2, 0) is 22.4 Å². The third-order valence-corrected chi connectivity index (χ3v) is 7.82. The van der Waals surface area contributed by atoms with E-state index in [9.17, 15) is 8.42 Å². The maximum absolute atomic E-state index is 12.6. The van der Waals surface area contributed by atoms with Crippen LogP contribution in [0.3, 0.4) is 0 Å². The fraction of sp³-hybridized carbons (Fsp3) is 0.231. The molecule has 0 saturated heterocycles. The Morgan fingerprint density at radius 2 is 2.00 bits per heavy atom. The first-order valence-electron chi connectivity index (χ1n) is 5.89. The Labute approximate surface area is 150 Å². The van der Waals surface area contributed by atoms with Crippen LogP contribution in [0, 0.1) is 0 Å². The second-order valence-electron chi connectivity index (χ2n) is 4.38. The lowest BCUT2D eigenvalue weighted by molar-refractivity contribution is 0.466. The minimum Gasteiger partial charge on any atom is -0.207 e. The van der Waals surface area contributed by atoms with Crippen molar-refractivity contribution in [1.82, 2.24) is 4.31 Å². The third-order valence-electron chi connectivity index (χ3n) is 2.82. The van der Waals surface area contributed by atoms with Crippen LogP contribution in [0.25, 0.3) is 0 Å². The minimum absolute atomic E-state index is 0.264. The summed E-state index contributed by atoms with van der Waals surface area (Å²) in [5.74, 6) is 0.300. The highest BCUT2D eigenvalue weighted by Crippen LogP contribution is 2.34. The normalized spacial score (nSPS) is 12.0. The first-order valence-corrected chi connectivity index (χ1v) is 10.3. The van der Waals surface area contributed by atoms with Gasteiger partial charge < -0.3 is 0 Å². The number of benzene rings is 1. The summed E-state index contributed by atoms with van der Waals surface area (Å²) < 4.78 is 28.1. The lowest BCUT2D eigenvalue weighted by atomic mass is 10.2. The van der Waals surface area contributed by atoms with Crippen molar-refractivity contribution in [3.05, 3.63) is 49.0 Å². The first kappa shape index (κ1) is 17.4. The van der Waals surface area contributed by atoms with Crippen molar-refractivity contribution in [2.75, 3.05) is 7.05 Å². The molecule has 0 saturated carbocycles. The van der Waals surface area contributed by atoms with Gasteiger partial charge in [-0.05, 0) is 39.7 Å². The summed E-state index contributed by atoms with van der Waals surface area (Å²) in [6.07, 6.45) is 0. The second-order valence-corrected chi connectivity index (χ2v) is 10.0. The fourth-order valence-electron chi connectivity index (χ4n) is 1.78. The quantitative estimate of drug-likeness (QED) is 0.583. The molecule has 0 fully saturated rings. The Bertz CT molecular complexity index is 746. The first-order chi connectivity index (χ1) is 9.84. The molecule has 0 spiro atoms. The van der Waals surface area contributed by atoms with E-state index in [1.165, 1.54) is 15.6 Å². The van der Waals surface area contributed by atoms with Crippen LogP contribution in [0.2, 0.25) is 0 Å². The number of hydrogen-bond acceptors (Lipinski definition) is 3. The molecule has 1 heterocycles. The van der Waals surface area contributed by atoms with Crippen LogP contribution in [0.5, 0.6) is 0 Å². The van der Waals surface area contributed by atoms with E-state index >= 15 is 0 Å². The Morgan fingerprint density at radius 3 is 2.57 bits per heavy atom. The molecule has 0 amide bonds. The third kappa shape index (κ3) is 4.09. The summed E-state index contributed by atoms with van der Waals surface area (Å²) in [5.41, 5.74) is 0.916. The standard InChI is InChI=1S/C13H12Br2ClNO2S2/c1-17(8-9-3-2-4-10(14)5-9)21(18,19)12-6-11(7-16)20-13(12)15/h2-6H,7-8H2,1H3. The maximum atomic E-state index is 12.6. The molecule has 1 aromatic heterocycles. The van der Waals surface area contributed by atoms with E-state index in [0.29, 0.717) is 16.2 Å². The molecule has 0 aliphatic carbocycles. The molecule has 3 nitrogen and oxygen atoms in total. The van der Waals surface area contributed by atoms with Crippen molar-refractivity contribution >= 4 is 64.8 Å². The SMILES string of the molecule is CN(Cc1cccc(Br)c1)S(=O)(=O)c1cc(CCl)sc1Br. The fourth-order valence-corrected chi connectivity index (χ4v) is 6.11. The summed E-state index contributed by atoms with van der Waals surface area (Å²) in [5, 5.41) is 0. The highest BCUT2D eigenvalue weighted by molar-refractivity contribution is 9.11.